The van der Waals surface area contributed by atoms with Crippen molar-refractivity contribution in [1.29, 1.82) is 0 Å². The number of ketones is 1. The summed E-state index contributed by atoms with van der Waals surface area (Å²) in [7, 11) is 0. The van der Waals surface area contributed by atoms with Crippen molar-refractivity contribution in [3.63, 3.8) is 0 Å². The molecule has 16 heavy (non-hydrogen) atoms. The highest BCUT2D eigenvalue weighted by Gasteiger charge is 2.36. The fourth-order valence-corrected chi connectivity index (χ4v) is 2.72. The first-order valence-corrected chi connectivity index (χ1v) is 5.82. The number of rotatable bonds is 1. The average Bonchev–Trinajstić information content (AvgIpc) is 2.81. The molecule has 1 saturated heterocycles. The number of hydrogen-bond donors (Lipinski definition) is 0. The zero-order valence-electron chi connectivity index (χ0n) is 9.13. The second-order valence-corrected chi connectivity index (χ2v) is 4.50. The molecular formula is C13H15NO2. The summed E-state index contributed by atoms with van der Waals surface area (Å²) in [6.45, 7) is 1.03. The van der Waals surface area contributed by atoms with E-state index in [-0.39, 0.29) is 12.1 Å². The van der Waals surface area contributed by atoms with Crippen molar-refractivity contribution in [3.05, 3.63) is 36.3 Å². The molecule has 3 heterocycles. The molecule has 0 radical (unpaired) electrons. The molecule has 3 heteroatoms. The predicted molar refractivity (Wildman–Crippen MR) is 59.9 cm³/mol. The Hall–Kier alpha value is -1.35. The summed E-state index contributed by atoms with van der Waals surface area (Å²) in [5.41, 5.74) is 0. The van der Waals surface area contributed by atoms with Gasteiger partial charge in [-0.25, -0.2) is 0 Å². The van der Waals surface area contributed by atoms with Gasteiger partial charge in [-0.1, -0.05) is 12.2 Å². The van der Waals surface area contributed by atoms with Crippen molar-refractivity contribution in [2.24, 2.45) is 0 Å². The van der Waals surface area contributed by atoms with Gasteiger partial charge in [0.2, 0.25) is 0 Å². The van der Waals surface area contributed by atoms with Gasteiger partial charge in [0.1, 0.15) is 11.5 Å². The molecule has 0 aromatic carbocycles. The number of fused-ring (bicyclic) bond motifs is 1. The standard InChI is InChI=1S/C13H15NO2/c15-11-8-10-4-1-2-6-14(10)12(9-11)13-5-3-7-16-13/h1,3-5,7,10,12H,2,6,8-9H2/t10-,12+/m1/s1. The van der Waals surface area contributed by atoms with E-state index in [9.17, 15) is 4.79 Å². The van der Waals surface area contributed by atoms with Gasteiger partial charge in [-0.2, -0.15) is 0 Å². The summed E-state index contributed by atoms with van der Waals surface area (Å²) < 4.78 is 5.45. The summed E-state index contributed by atoms with van der Waals surface area (Å²) in [4.78, 5) is 14.1. The van der Waals surface area contributed by atoms with Crippen LogP contribution in [0.4, 0.5) is 0 Å². The fourth-order valence-electron chi connectivity index (χ4n) is 2.72. The van der Waals surface area contributed by atoms with E-state index in [4.69, 9.17) is 4.42 Å². The molecule has 0 amide bonds. The van der Waals surface area contributed by atoms with Gasteiger partial charge in [-0.3, -0.25) is 9.69 Å². The van der Waals surface area contributed by atoms with Crippen molar-refractivity contribution in [1.82, 2.24) is 4.90 Å². The maximum absolute atomic E-state index is 11.7. The minimum atomic E-state index is 0.145. The van der Waals surface area contributed by atoms with Crippen LogP contribution < -0.4 is 0 Å². The van der Waals surface area contributed by atoms with E-state index in [1.54, 1.807) is 6.26 Å². The van der Waals surface area contributed by atoms with Crippen LogP contribution in [0.25, 0.3) is 0 Å². The zero-order chi connectivity index (χ0) is 11.0. The molecule has 2 aliphatic heterocycles. The maximum Gasteiger partial charge on any atom is 0.136 e. The molecule has 0 aliphatic carbocycles. The quantitative estimate of drug-likeness (QED) is 0.677. The molecule has 84 valence electrons. The summed E-state index contributed by atoms with van der Waals surface area (Å²) >= 11 is 0. The van der Waals surface area contributed by atoms with Crippen LogP contribution in [0.15, 0.2) is 35.0 Å². The minimum absolute atomic E-state index is 0.145. The monoisotopic (exact) mass is 217 g/mol. The number of carbonyl (C=O) groups is 1. The van der Waals surface area contributed by atoms with Gasteiger partial charge in [-0.05, 0) is 18.6 Å². The van der Waals surface area contributed by atoms with Crippen LogP contribution in [0.2, 0.25) is 0 Å². The Balaban J connectivity index is 1.91. The van der Waals surface area contributed by atoms with Crippen molar-refractivity contribution < 1.29 is 9.21 Å². The van der Waals surface area contributed by atoms with Gasteiger partial charge in [0, 0.05) is 25.4 Å². The molecule has 0 spiro atoms. The largest absolute Gasteiger partial charge is 0.468 e. The lowest BCUT2D eigenvalue weighted by Gasteiger charge is -2.41. The molecule has 2 aliphatic rings. The lowest BCUT2D eigenvalue weighted by atomic mass is 9.90. The van der Waals surface area contributed by atoms with Gasteiger partial charge in [0.25, 0.3) is 0 Å². The highest BCUT2D eigenvalue weighted by Crippen LogP contribution is 2.34. The van der Waals surface area contributed by atoms with Crippen molar-refractivity contribution in [2.75, 3.05) is 6.54 Å². The molecule has 0 N–H and O–H groups in total. The van der Waals surface area contributed by atoms with E-state index in [0.717, 1.165) is 18.7 Å². The first-order valence-electron chi connectivity index (χ1n) is 5.82. The Morgan fingerprint density at radius 1 is 1.38 bits per heavy atom. The van der Waals surface area contributed by atoms with Crippen LogP contribution in [0.1, 0.15) is 31.1 Å². The highest BCUT2D eigenvalue weighted by molar-refractivity contribution is 5.81. The number of furan rings is 1. The summed E-state index contributed by atoms with van der Waals surface area (Å²) in [5.74, 6) is 1.27. The SMILES string of the molecule is O=C1C[C@H]2C=CCCN2[C@H](c2ccco2)C1. The van der Waals surface area contributed by atoms with Gasteiger partial charge in [-0.15, -0.1) is 0 Å². The van der Waals surface area contributed by atoms with E-state index in [1.165, 1.54) is 0 Å². The maximum atomic E-state index is 11.7. The van der Waals surface area contributed by atoms with E-state index in [0.29, 0.717) is 18.6 Å². The molecule has 1 aromatic rings. The van der Waals surface area contributed by atoms with Gasteiger partial charge >= 0.3 is 0 Å². The Morgan fingerprint density at radius 2 is 2.31 bits per heavy atom. The van der Waals surface area contributed by atoms with E-state index < -0.39 is 0 Å². The van der Waals surface area contributed by atoms with Crippen LogP contribution in [0.3, 0.4) is 0 Å². The smallest absolute Gasteiger partial charge is 0.136 e. The molecule has 1 aromatic heterocycles. The van der Waals surface area contributed by atoms with Gasteiger partial charge < -0.3 is 4.42 Å². The number of piperidine rings is 1. The van der Waals surface area contributed by atoms with Crippen molar-refractivity contribution >= 4 is 5.78 Å². The van der Waals surface area contributed by atoms with Crippen LogP contribution in [0, 0.1) is 0 Å². The Bertz CT molecular complexity index is 408. The molecular weight excluding hydrogens is 202 g/mol. The molecule has 1 fully saturated rings. The lowest BCUT2D eigenvalue weighted by Crippen LogP contribution is -2.45. The number of Topliss-reactive ketones (excluding diaryl/α,β-unsaturated/α-hetero) is 1. The minimum Gasteiger partial charge on any atom is -0.468 e. The van der Waals surface area contributed by atoms with Crippen LogP contribution in [-0.4, -0.2) is 23.3 Å². The number of hydrogen-bond acceptors (Lipinski definition) is 3. The Morgan fingerprint density at radius 3 is 3.12 bits per heavy atom. The predicted octanol–water partition coefficient (Wildman–Crippen LogP) is 2.31. The Kier molecular flexibility index (Phi) is 2.40. The average molecular weight is 217 g/mol. The third-order valence-corrected chi connectivity index (χ3v) is 3.47. The topological polar surface area (TPSA) is 33.5 Å². The molecule has 0 unspecified atom stereocenters. The first-order chi connectivity index (χ1) is 7.84. The normalized spacial score (nSPS) is 30.4. The molecule has 3 rings (SSSR count). The second-order valence-electron chi connectivity index (χ2n) is 4.50. The highest BCUT2D eigenvalue weighted by atomic mass is 16.3. The molecule has 0 bridgehead atoms. The zero-order valence-corrected chi connectivity index (χ0v) is 9.13. The Labute approximate surface area is 94.7 Å². The summed E-state index contributed by atoms with van der Waals surface area (Å²) in [6, 6.07) is 4.29. The number of nitrogens with zero attached hydrogens (tertiary/aromatic N) is 1. The molecule has 3 nitrogen and oxygen atoms in total. The third kappa shape index (κ3) is 1.61. The van der Waals surface area contributed by atoms with E-state index in [2.05, 4.69) is 17.1 Å². The van der Waals surface area contributed by atoms with Gasteiger partial charge in [0.15, 0.2) is 0 Å². The van der Waals surface area contributed by atoms with Gasteiger partial charge in [0.05, 0.1) is 12.3 Å². The van der Waals surface area contributed by atoms with E-state index >= 15 is 0 Å². The number of carbonyl (C=O) groups excluding carboxylic acids is 1. The fraction of sp³-hybridized carbons (Fsp3) is 0.462. The first kappa shape index (κ1) is 9.85. The summed E-state index contributed by atoms with van der Waals surface area (Å²) in [5, 5.41) is 0. The molecule has 2 atom stereocenters. The van der Waals surface area contributed by atoms with E-state index in [1.807, 2.05) is 12.1 Å². The summed E-state index contributed by atoms with van der Waals surface area (Å²) in [6.07, 6.45) is 8.35. The van der Waals surface area contributed by atoms with Crippen LogP contribution >= 0.6 is 0 Å². The van der Waals surface area contributed by atoms with Crippen LogP contribution in [0.5, 0.6) is 0 Å². The van der Waals surface area contributed by atoms with Crippen molar-refractivity contribution in [3.8, 4) is 0 Å². The van der Waals surface area contributed by atoms with Crippen molar-refractivity contribution in [2.45, 2.75) is 31.3 Å². The third-order valence-electron chi connectivity index (χ3n) is 3.47. The van der Waals surface area contributed by atoms with Crippen LogP contribution in [-0.2, 0) is 4.79 Å². The molecule has 0 saturated carbocycles. The second kappa shape index (κ2) is 3.91. The lowest BCUT2D eigenvalue weighted by molar-refractivity contribution is -0.125.